The van der Waals surface area contributed by atoms with E-state index in [1.54, 1.807) is 18.7 Å². The van der Waals surface area contributed by atoms with Gasteiger partial charge in [-0.1, -0.05) is 13.0 Å². The van der Waals surface area contributed by atoms with Gasteiger partial charge < -0.3 is 10.2 Å². The van der Waals surface area contributed by atoms with Gasteiger partial charge in [0.15, 0.2) is 0 Å². The third-order valence-electron chi connectivity index (χ3n) is 2.48. The van der Waals surface area contributed by atoms with Gasteiger partial charge in [0.25, 0.3) is 0 Å². The molecule has 3 heteroatoms. The van der Waals surface area contributed by atoms with Crippen molar-refractivity contribution in [2.24, 2.45) is 5.73 Å². The molecule has 2 N–H and O–H groups in total. The Labute approximate surface area is 88.9 Å². The van der Waals surface area contributed by atoms with E-state index in [0.29, 0.717) is 0 Å². The number of nitrogens with two attached hydrogens (primary N) is 1. The lowest BCUT2D eigenvalue weighted by Crippen LogP contribution is -2.12. The average molecular weight is 202 g/mol. The fourth-order valence-electron chi connectivity index (χ4n) is 1.65. The van der Waals surface area contributed by atoms with Gasteiger partial charge in [0, 0.05) is 24.4 Å². The minimum absolute atomic E-state index is 0.146. The topological polar surface area (TPSA) is 52.0 Å². The first kappa shape index (κ1) is 9.93. The summed E-state index contributed by atoms with van der Waals surface area (Å²) in [6, 6.07) is 5.65. The second-order valence-electron chi connectivity index (χ2n) is 3.42. The first-order chi connectivity index (χ1) is 7.33. The second kappa shape index (κ2) is 4.28. The van der Waals surface area contributed by atoms with Crippen LogP contribution in [0.15, 0.2) is 41.3 Å². The Morgan fingerprint density at radius 2 is 2.33 bits per heavy atom. The summed E-state index contributed by atoms with van der Waals surface area (Å²) in [4.78, 5) is 4.06. The predicted octanol–water partition coefficient (Wildman–Crippen LogP) is 2.29. The van der Waals surface area contributed by atoms with E-state index < -0.39 is 0 Å². The lowest BCUT2D eigenvalue weighted by molar-refractivity contribution is 0.509. The molecule has 3 nitrogen and oxygen atoms in total. The lowest BCUT2D eigenvalue weighted by atomic mass is 10.0. The Hall–Kier alpha value is -1.61. The summed E-state index contributed by atoms with van der Waals surface area (Å²) in [5.41, 5.74) is 8.19. The van der Waals surface area contributed by atoms with E-state index in [9.17, 15) is 0 Å². The summed E-state index contributed by atoms with van der Waals surface area (Å²) in [6.45, 7) is 2.05. The highest BCUT2D eigenvalue weighted by Gasteiger charge is 2.14. The Morgan fingerprint density at radius 1 is 1.47 bits per heavy atom. The normalized spacial score (nSPS) is 12.7. The summed E-state index contributed by atoms with van der Waals surface area (Å²) < 4.78 is 5.36. The predicted molar refractivity (Wildman–Crippen MR) is 58.4 cm³/mol. The van der Waals surface area contributed by atoms with Gasteiger partial charge in [0.2, 0.25) is 0 Å². The molecule has 2 rings (SSSR count). The second-order valence-corrected chi connectivity index (χ2v) is 3.42. The van der Waals surface area contributed by atoms with Gasteiger partial charge in [-0.2, -0.15) is 0 Å². The van der Waals surface area contributed by atoms with Gasteiger partial charge in [-0.3, -0.25) is 4.98 Å². The molecule has 78 valence electrons. The molecule has 2 aromatic rings. The average Bonchev–Trinajstić information content (AvgIpc) is 2.77. The number of furan rings is 1. The number of rotatable bonds is 3. The molecule has 15 heavy (non-hydrogen) atoms. The summed E-state index contributed by atoms with van der Waals surface area (Å²) in [7, 11) is 0. The van der Waals surface area contributed by atoms with Crippen LogP contribution in [0.1, 0.15) is 29.9 Å². The molecule has 0 aliphatic carbocycles. The Bertz CT molecular complexity index is 422. The zero-order valence-corrected chi connectivity index (χ0v) is 8.68. The number of aromatic nitrogens is 1. The monoisotopic (exact) mass is 202 g/mol. The number of aryl methyl sites for hydroxylation is 1. The SMILES string of the molecule is CCc1occc1C(N)c1cccnc1. The molecule has 0 fully saturated rings. The Kier molecular flexibility index (Phi) is 2.83. The van der Waals surface area contributed by atoms with Gasteiger partial charge in [-0.05, 0) is 17.7 Å². The van der Waals surface area contributed by atoms with E-state index in [2.05, 4.69) is 11.9 Å². The molecule has 0 radical (unpaired) electrons. The van der Waals surface area contributed by atoms with Crippen LogP contribution in [0.3, 0.4) is 0 Å². The van der Waals surface area contributed by atoms with Gasteiger partial charge in [0.1, 0.15) is 5.76 Å². The van der Waals surface area contributed by atoms with Crippen LogP contribution in [0, 0.1) is 0 Å². The van der Waals surface area contributed by atoms with E-state index in [0.717, 1.165) is 23.3 Å². The van der Waals surface area contributed by atoms with Crippen molar-refractivity contribution in [3.8, 4) is 0 Å². The summed E-state index contributed by atoms with van der Waals surface area (Å²) in [6.07, 6.45) is 6.07. The molecule has 0 aliphatic heterocycles. The van der Waals surface area contributed by atoms with Crippen molar-refractivity contribution in [2.75, 3.05) is 0 Å². The molecule has 0 aliphatic rings. The highest BCUT2D eigenvalue weighted by molar-refractivity contribution is 5.31. The third-order valence-corrected chi connectivity index (χ3v) is 2.48. The fraction of sp³-hybridized carbons (Fsp3) is 0.250. The zero-order valence-electron chi connectivity index (χ0n) is 8.68. The number of nitrogens with zero attached hydrogens (tertiary/aromatic N) is 1. The quantitative estimate of drug-likeness (QED) is 0.830. The van der Waals surface area contributed by atoms with Gasteiger partial charge in [-0.15, -0.1) is 0 Å². The maximum Gasteiger partial charge on any atom is 0.108 e. The van der Waals surface area contributed by atoms with Crippen molar-refractivity contribution in [3.63, 3.8) is 0 Å². The summed E-state index contributed by atoms with van der Waals surface area (Å²) in [5.74, 6) is 0.950. The molecule has 0 aromatic carbocycles. The number of pyridine rings is 1. The van der Waals surface area contributed by atoms with Crippen LogP contribution in [0.5, 0.6) is 0 Å². The Balaban J connectivity index is 2.32. The molecular weight excluding hydrogens is 188 g/mol. The van der Waals surface area contributed by atoms with Crippen LogP contribution >= 0.6 is 0 Å². The van der Waals surface area contributed by atoms with Crippen molar-refractivity contribution in [1.82, 2.24) is 4.98 Å². The van der Waals surface area contributed by atoms with Crippen LogP contribution in [0.25, 0.3) is 0 Å². The molecule has 2 heterocycles. The van der Waals surface area contributed by atoms with Gasteiger partial charge in [0.05, 0.1) is 12.3 Å². The van der Waals surface area contributed by atoms with E-state index in [1.165, 1.54) is 0 Å². The van der Waals surface area contributed by atoms with Crippen LogP contribution in [0.4, 0.5) is 0 Å². The molecule has 2 aromatic heterocycles. The van der Waals surface area contributed by atoms with E-state index in [4.69, 9.17) is 10.2 Å². The molecule has 0 saturated heterocycles. The molecule has 0 spiro atoms. The van der Waals surface area contributed by atoms with E-state index >= 15 is 0 Å². The molecule has 0 amide bonds. The maximum absolute atomic E-state index is 6.14. The largest absolute Gasteiger partial charge is 0.469 e. The van der Waals surface area contributed by atoms with Crippen molar-refractivity contribution in [2.45, 2.75) is 19.4 Å². The Morgan fingerprint density at radius 3 is 3.00 bits per heavy atom. The number of hydrogen-bond donors (Lipinski definition) is 1. The first-order valence-corrected chi connectivity index (χ1v) is 5.04. The molecule has 0 bridgehead atoms. The fourth-order valence-corrected chi connectivity index (χ4v) is 1.65. The minimum Gasteiger partial charge on any atom is -0.469 e. The lowest BCUT2D eigenvalue weighted by Gasteiger charge is -2.10. The van der Waals surface area contributed by atoms with E-state index in [-0.39, 0.29) is 6.04 Å². The van der Waals surface area contributed by atoms with Crippen molar-refractivity contribution < 1.29 is 4.42 Å². The highest BCUT2D eigenvalue weighted by atomic mass is 16.3. The van der Waals surface area contributed by atoms with Crippen molar-refractivity contribution >= 4 is 0 Å². The van der Waals surface area contributed by atoms with Crippen molar-refractivity contribution in [3.05, 3.63) is 53.7 Å². The molecule has 1 unspecified atom stereocenters. The van der Waals surface area contributed by atoms with E-state index in [1.807, 2.05) is 18.2 Å². The van der Waals surface area contributed by atoms with Crippen molar-refractivity contribution in [1.29, 1.82) is 0 Å². The number of hydrogen-bond acceptors (Lipinski definition) is 3. The standard InChI is InChI=1S/C12H14N2O/c1-2-11-10(5-7-15-11)12(13)9-4-3-6-14-8-9/h3-8,12H,2,13H2,1H3. The minimum atomic E-state index is -0.146. The molecule has 1 atom stereocenters. The summed E-state index contributed by atoms with van der Waals surface area (Å²) in [5, 5.41) is 0. The van der Waals surface area contributed by atoms with Crippen LogP contribution in [-0.4, -0.2) is 4.98 Å². The zero-order chi connectivity index (χ0) is 10.7. The van der Waals surface area contributed by atoms with Gasteiger partial charge >= 0.3 is 0 Å². The first-order valence-electron chi connectivity index (χ1n) is 5.04. The highest BCUT2D eigenvalue weighted by Crippen LogP contribution is 2.23. The smallest absolute Gasteiger partial charge is 0.108 e. The molecular formula is C12H14N2O. The van der Waals surface area contributed by atoms with Crippen LogP contribution in [-0.2, 0) is 6.42 Å². The maximum atomic E-state index is 6.14. The summed E-state index contributed by atoms with van der Waals surface area (Å²) >= 11 is 0. The molecule has 0 saturated carbocycles. The third kappa shape index (κ3) is 1.92. The van der Waals surface area contributed by atoms with Crippen LogP contribution in [0.2, 0.25) is 0 Å². The van der Waals surface area contributed by atoms with Crippen LogP contribution < -0.4 is 5.73 Å². The van der Waals surface area contributed by atoms with Gasteiger partial charge in [-0.25, -0.2) is 0 Å².